The van der Waals surface area contributed by atoms with Crippen LogP contribution in [0.5, 0.6) is 5.75 Å². The molecule has 0 aliphatic heterocycles. The molecule has 1 aromatic carbocycles. The first kappa shape index (κ1) is 21.8. The maximum absolute atomic E-state index is 12.7. The normalized spacial score (nSPS) is 14.3. The lowest BCUT2D eigenvalue weighted by molar-refractivity contribution is 0.303. The van der Waals surface area contributed by atoms with E-state index >= 15 is 0 Å². The summed E-state index contributed by atoms with van der Waals surface area (Å²) in [5, 5.41) is 15.1. The van der Waals surface area contributed by atoms with Crippen molar-refractivity contribution in [2.75, 3.05) is 12.4 Å². The number of benzene rings is 1. The molecule has 0 fully saturated rings. The number of hydrogen-bond donors (Lipinski definition) is 2. The van der Waals surface area contributed by atoms with Crippen molar-refractivity contribution in [2.24, 2.45) is 5.41 Å². The van der Waals surface area contributed by atoms with Crippen LogP contribution in [0.1, 0.15) is 41.5 Å². The molecule has 0 bridgehead atoms. The van der Waals surface area contributed by atoms with Gasteiger partial charge in [0.05, 0.1) is 12.4 Å². The van der Waals surface area contributed by atoms with Crippen molar-refractivity contribution >= 4 is 15.5 Å². The molecule has 26 heavy (non-hydrogen) atoms. The van der Waals surface area contributed by atoms with E-state index in [-0.39, 0.29) is 22.2 Å². The molecule has 6 nitrogen and oxygen atoms in total. The van der Waals surface area contributed by atoms with Gasteiger partial charge in [0.25, 0.3) is 0 Å². The molecular weight excluding hydrogens is 350 g/mol. The molecule has 0 aliphatic rings. The molecule has 1 atom stereocenters. The molecule has 0 aliphatic carbocycles. The number of nitriles is 1. The summed E-state index contributed by atoms with van der Waals surface area (Å²) in [7, 11) is -2.20. The maximum atomic E-state index is 12.7. The molecule has 1 aromatic rings. The summed E-state index contributed by atoms with van der Waals surface area (Å²) in [6.07, 6.45) is 0. The fraction of sp³-hybridized carbons (Fsp3) is 0.526. The van der Waals surface area contributed by atoms with Crippen molar-refractivity contribution < 1.29 is 13.2 Å². The zero-order valence-electron chi connectivity index (χ0n) is 16.5. The molecule has 7 heteroatoms. The highest BCUT2D eigenvalue weighted by atomic mass is 32.2. The number of allylic oxidation sites excluding steroid dienone is 1. The smallest absolute Gasteiger partial charge is 0.194 e. The second-order valence-electron chi connectivity index (χ2n) is 7.50. The van der Waals surface area contributed by atoms with Crippen LogP contribution in [-0.2, 0) is 9.84 Å². The van der Waals surface area contributed by atoms with E-state index in [2.05, 4.69) is 10.6 Å². The Morgan fingerprint density at radius 1 is 1.23 bits per heavy atom. The molecular formula is C19H29N3O3S. The number of hydrogen-bond acceptors (Lipinski definition) is 6. The van der Waals surface area contributed by atoms with Crippen molar-refractivity contribution in [3.63, 3.8) is 0 Å². The van der Waals surface area contributed by atoms with Gasteiger partial charge in [-0.05, 0) is 38.3 Å². The van der Waals surface area contributed by atoms with Gasteiger partial charge in [-0.15, -0.1) is 0 Å². The van der Waals surface area contributed by atoms with Crippen molar-refractivity contribution in [1.29, 1.82) is 5.26 Å². The Labute approximate surface area is 157 Å². The second-order valence-corrected chi connectivity index (χ2v) is 9.94. The Hall–Kier alpha value is -2.20. The molecule has 0 saturated carbocycles. The Bertz CT molecular complexity index is 800. The molecule has 1 rings (SSSR count). The van der Waals surface area contributed by atoms with E-state index < -0.39 is 15.1 Å². The van der Waals surface area contributed by atoms with E-state index in [0.717, 1.165) is 0 Å². The number of ether oxygens (including phenoxy) is 1. The highest BCUT2D eigenvalue weighted by Gasteiger charge is 2.29. The summed E-state index contributed by atoms with van der Waals surface area (Å²) in [5.74, 6) is 0.806. The first-order valence-electron chi connectivity index (χ1n) is 8.49. The SMILES string of the molecule is COc1cccc(NC(NC(C)C(C)(C)C)=C(C#N)S(=O)(=O)C(C)C)c1. The Balaban J connectivity index is 3.46. The molecule has 0 aromatic heterocycles. The zero-order valence-corrected chi connectivity index (χ0v) is 17.4. The number of rotatable bonds is 7. The van der Waals surface area contributed by atoms with E-state index in [0.29, 0.717) is 11.4 Å². The molecule has 2 N–H and O–H groups in total. The Kier molecular flexibility index (Phi) is 7.10. The van der Waals surface area contributed by atoms with Crippen LogP contribution < -0.4 is 15.4 Å². The van der Waals surface area contributed by atoms with Crippen LogP contribution in [0.2, 0.25) is 0 Å². The number of sulfone groups is 1. The minimum atomic E-state index is -3.75. The average Bonchev–Trinajstić information content (AvgIpc) is 2.54. The molecule has 0 saturated heterocycles. The molecule has 0 radical (unpaired) electrons. The van der Waals surface area contributed by atoms with Crippen LogP contribution >= 0.6 is 0 Å². The summed E-state index contributed by atoms with van der Waals surface area (Å²) >= 11 is 0. The van der Waals surface area contributed by atoms with Gasteiger partial charge in [0.15, 0.2) is 14.7 Å². The third-order valence-electron chi connectivity index (χ3n) is 4.23. The lowest BCUT2D eigenvalue weighted by Crippen LogP contribution is -2.40. The zero-order chi connectivity index (χ0) is 20.1. The average molecular weight is 380 g/mol. The summed E-state index contributed by atoms with van der Waals surface area (Å²) in [6, 6.07) is 8.87. The van der Waals surface area contributed by atoms with Gasteiger partial charge in [0, 0.05) is 17.8 Å². The monoisotopic (exact) mass is 379 g/mol. The van der Waals surface area contributed by atoms with Gasteiger partial charge < -0.3 is 15.4 Å². The van der Waals surface area contributed by atoms with E-state index in [1.165, 1.54) is 0 Å². The standard InChI is InChI=1S/C19H29N3O3S/c1-13(2)26(23,24)17(12-20)18(21-14(3)19(4,5)6)22-15-9-8-10-16(11-15)25-7/h8-11,13-14,21-22H,1-7H3. The van der Waals surface area contributed by atoms with Crippen LogP contribution in [0.25, 0.3) is 0 Å². The predicted molar refractivity (Wildman–Crippen MR) is 105 cm³/mol. The van der Waals surface area contributed by atoms with Gasteiger partial charge in [0.1, 0.15) is 17.6 Å². The fourth-order valence-electron chi connectivity index (χ4n) is 1.93. The van der Waals surface area contributed by atoms with E-state index in [1.54, 1.807) is 45.2 Å². The third kappa shape index (κ3) is 5.40. The molecule has 0 amide bonds. The minimum Gasteiger partial charge on any atom is -0.497 e. The van der Waals surface area contributed by atoms with Gasteiger partial charge in [-0.3, -0.25) is 0 Å². The topological polar surface area (TPSA) is 91.2 Å². The molecule has 0 heterocycles. The predicted octanol–water partition coefficient (Wildman–Crippen LogP) is 3.65. The van der Waals surface area contributed by atoms with Gasteiger partial charge in [-0.2, -0.15) is 5.26 Å². The summed E-state index contributed by atoms with van der Waals surface area (Å²) in [4.78, 5) is -0.300. The highest BCUT2D eigenvalue weighted by molar-refractivity contribution is 7.96. The van der Waals surface area contributed by atoms with Gasteiger partial charge in [-0.1, -0.05) is 26.8 Å². The quantitative estimate of drug-likeness (QED) is 0.703. The fourth-order valence-corrected chi connectivity index (χ4v) is 2.93. The first-order chi connectivity index (χ1) is 11.9. The van der Waals surface area contributed by atoms with Crippen LogP contribution in [0, 0.1) is 16.7 Å². The largest absolute Gasteiger partial charge is 0.497 e. The maximum Gasteiger partial charge on any atom is 0.194 e. The van der Waals surface area contributed by atoms with Crippen molar-refractivity contribution in [3.05, 3.63) is 35.0 Å². The van der Waals surface area contributed by atoms with E-state index in [1.807, 2.05) is 33.8 Å². The van der Waals surface area contributed by atoms with Crippen LogP contribution in [0.15, 0.2) is 35.0 Å². The minimum absolute atomic E-state index is 0.0821. The number of anilines is 1. The molecule has 1 unspecified atom stereocenters. The Morgan fingerprint density at radius 2 is 1.85 bits per heavy atom. The number of nitrogens with one attached hydrogen (secondary N) is 2. The van der Waals surface area contributed by atoms with Gasteiger partial charge in [0.2, 0.25) is 0 Å². The summed E-state index contributed by atoms with van der Waals surface area (Å²) < 4.78 is 30.5. The summed E-state index contributed by atoms with van der Waals surface area (Å²) in [5.41, 5.74) is 0.489. The molecule has 144 valence electrons. The van der Waals surface area contributed by atoms with Crippen LogP contribution in [0.4, 0.5) is 5.69 Å². The van der Waals surface area contributed by atoms with Crippen molar-refractivity contribution in [2.45, 2.75) is 52.8 Å². The third-order valence-corrected chi connectivity index (χ3v) is 6.34. The first-order valence-corrected chi connectivity index (χ1v) is 10.0. The van der Waals surface area contributed by atoms with Crippen LogP contribution in [0.3, 0.4) is 0 Å². The van der Waals surface area contributed by atoms with Crippen molar-refractivity contribution in [3.8, 4) is 11.8 Å². The second kappa shape index (κ2) is 8.45. The molecule has 0 spiro atoms. The van der Waals surface area contributed by atoms with Gasteiger partial charge in [-0.25, -0.2) is 8.42 Å². The number of methoxy groups -OCH3 is 1. The van der Waals surface area contributed by atoms with E-state index in [4.69, 9.17) is 4.74 Å². The van der Waals surface area contributed by atoms with Crippen molar-refractivity contribution in [1.82, 2.24) is 5.32 Å². The Morgan fingerprint density at radius 3 is 2.31 bits per heavy atom. The van der Waals surface area contributed by atoms with Crippen LogP contribution in [-0.4, -0.2) is 26.8 Å². The lowest BCUT2D eigenvalue weighted by atomic mass is 9.88. The highest BCUT2D eigenvalue weighted by Crippen LogP contribution is 2.25. The van der Waals surface area contributed by atoms with Gasteiger partial charge >= 0.3 is 0 Å². The summed E-state index contributed by atoms with van der Waals surface area (Å²) in [6.45, 7) is 11.2. The number of nitrogens with zero attached hydrogens (tertiary/aromatic N) is 1. The lowest BCUT2D eigenvalue weighted by Gasteiger charge is -2.31. The van der Waals surface area contributed by atoms with E-state index in [9.17, 15) is 13.7 Å².